The molecular weight excluding hydrogens is 250 g/mol. The second-order valence-electron chi connectivity index (χ2n) is 5.04. The lowest BCUT2D eigenvalue weighted by Gasteiger charge is -2.10. The fourth-order valence-corrected chi connectivity index (χ4v) is 2.47. The van der Waals surface area contributed by atoms with Crippen LogP contribution >= 0.6 is 0 Å². The third-order valence-corrected chi connectivity index (χ3v) is 3.34. The highest BCUT2D eigenvalue weighted by molar-refractivity contribution is 6.11. The van der Waals surface area contributed by atoms with Crippen molar-refractivity contribution in [2.75, 3.05) is 0 Å². The predicted octanol–water partition coefficient (Wildman–Crippen LogP) is 2.94. The molecule has 3 nitrogen and oxygen atoms in total. The maximum absolute atomic E-state index is 12.6. The number of primary amides is 1. The molecule has 0 spiro atoms. The van der Waals surface area contributed by atoms with Gasteiger partial charge in [-0.3, -0.25) is 9.59 Å². The summed E-state index contributed by atoms with van der Waals surface area (Å²) in [5, 5.41) is 0. The van der Waals surface area contributed by atoms with Crippen LogP contribution in [0.3, 0.4) is 0 Å². The van der Waals surface area contributed by atoms with E-state index in [1.54, 1.807) is 24.3 Å². The maximum atomic E-state index is 12.6. The van der Waals surface area contributed by atoms with E-state index in [4.69, 9.17) is 5.73 Å². The average Bonchev–Trinajstić information content (AvgIpc) is 2.37. The first-order valence-corrected chi connectivity index (χ1v) is 6.42. The number of hydrogen-bond acceptors (Lipinski definition) is 2. The zero-order chi connectivity index (χ0) is 14.9. The largest absolute Gasteiger partial charge is 0.366 e. The molecule has 0 aliphatic rings. The summed E-state index contributed by atoms with van der Waals surface area (Å²) < 4.78 is 0. The molecule has 102 valence electrons. The molecule has 0 unspecified atom stereocenters. The molecule has 0 heterocycles. The Hall–Kier alpha value is -2.42. The summed E-state index contributed by atoms with van der Waals surface area (Å²) in [4.78, 5) is 23.6. The SMILES string of the molecule is Cc1cc(C)c(C(=O)c2ccc(C(N)=O)cc2)c(C)c1. The van der Waals surface area contributed by atoms with Gasteiger partial charge in [0.05, 0.1) is 0 Å². The minimum absolute atomic E-state index is 0.0315. The number of carbonyl (C=O) groups is 2. The Kier molecular flexibility index (Phi) is 3.70. The van der Waals surface area contributed by atoms with E-state index in [2.05, 4.69) is 0 Å². The van der Waals surface area contributed by atoms with E-state index in [0.29, 0.717) is 11.1 Å². The van der Waals surface area contributed by atoms with E-state index in [-0.39, 0.29) is 5.78 Å². The summed E-state index contributed by atoms with van der Waals surface area (Å²) >= 11 is 0. The Morgan fingerprint density at radius 1 is 0.850 bits per heavy atom. The van der Waals surface area contributed by atoms with Crippen LogP contribution in [0.4, 0.5) is 0 Å². The summed E-state index contributed by atoms with van der Waals surface area (Å²) in [5.41, 5.74) is 9.95. The molecule has 3 heteroatoms. The van der Waals surface area contributed by atoms with Crippen LogP contribution in [0.25, 0.3) is 0 Å². The predicted molar refractivity (Wildman–Crippen MR) is 79.0 cm³/mol. The number of benzene rings is 2. The number of rotatable bonds is 3. The third kappa shape index (κ3) is 2.62. The molecule has 0 aliphatic heterocycles. The fraction of sp³-hybridized carbons (Fsp3) is 0.176. The molecule has 0 aliphatic carbocycles. The summed E-state index contributed by atoms with van der Waals surface area (Å²) in [6.45, 7) is 5.88. The molecule has 2 aromatic carbocycles. The number of aryl methyl sites for hydroxylation is 3. The normalized spacial score (nSPS) is 10.3. The highest BCUT2D eigenvalue weighted by Gasteiger charge is 2.15. The number of hydrogen-bond donors (Lipinski definition) is 1. The molecule has 0 aromatic heterocycles. The number of ketones is 1. The lowest BCUT2D eigenvalue weighted by Crippen LogP contribution is -2.12. The molecule has 0 bridgehead atoms. The van der Waals surface area contributed by atoms with E-state index in [9.17, 15) is 9.59 Å². The van der Waals surface area contributed by atoms with Crippen LogP contribution in [0, 0.1) is 20.8 Å². The quantitative estimate of drug-likeness (QED) is 0.869. The summed E-state index contributed by atoms with van der Waals surface area (Å²) in [5.74, 6) is -0.525. The van der Waals surface area contributed by atoms with Gasteiger partial charge in [0, 0.05) is 16.7 Å². The smallest absolute Gasteiger partial charge is 0.248 e. The first kappa shape index (κ1) is 14.0. The second-order valence-corrected chi connectivity index (χ2v) is 5.04. The van der Waals surface area contributed by atoms with Crippen LogP contribution in [-0.2, 0) is 0 Å². The topological polar surface area (TPSA) is 60.2 Å². The van der Waals surface area contributed by atoms with E-state index in [1.165, 1.54) is 0 Å². The molecular formula is C17H17NO2. The highest BCUT2D eigenvalue weighted by atomic mass is 16.1. The molecule has 2 rings (SSSR count). The Morgan fingerprint density at radius 3 is 1.75 bits per heavy atom. The lowest BCUT2D eigenvalue weighted by atomic mass is 9.93. The summed E-state index contributed by atoms with van der Waals surface area (Å²) in [6.07, 6.45) is 0. The lowest BCUT2D eigenvalue weighted by molar-refractivity contribution is 0.0996. The number of nitrogens with two attached hydrogens (primary N) is 1. The van der Waals surface area contributed by atoms with Crippen molar-refractivity contribution in [3.05, 3.63) is 69.8 Å². The van der Waals surface area contributed by atoms with Crippen molar-refractivity contribution >= 4 is 11.7 Å². The highest BCUT2D eigenvalue weighted by Crippen LogP contribution is 2.20. The van der Waals surface area contributed by atoms with E-state index < -0.39 is 5.91 Å². The van der Waals surface area contributed by atoms with Gasteiger partial charge in [0.15, 0.2) is 5.78 Å². The molecule has 20 heavy (non-hydrogen) atoms. The van der Waals surface area contributed by atoms with E-state index in [0.717, 1.165) is 22.3 Å². The van der Waals surface area contributed by atoms with Crippen LogP contribution in [0.1, 0.15) is 43.0 Å². The zero-order valence-corrected chi connectivity index (χ0v) is 11.9. The van der Waals surface area contributed by atoms with Gasteiger partial charge >= 0.3 is 0 Å². The Morgan fingerprint density at radius 2 is 1.30 bits per heavy atom. The van der Waals surface area contributed by atoms with Crippen LogP contribution in [0.5, 0.6) is 0 Å². The number of amides is 1. The van der Waals surface area contributed by atoms with Crippen molar-refractivity contribution in [1.29, 1.82) is 0 Å². The minimum atomic E-state index is -0.494. The molecule has 2 aromatic rings. The maximum Gasteiger partial charge on any atom is 0.248 e. The van der Waals surface area contributed by atoms with Gasteiger partial charge in [-0.2, -0.15) is 0 Å². The monoisotopic (exact) mass is 267 g/mol. The van der Waals surface area contributed by atoms with Gasteiger partial charge in [-0.05, 0) is 44.0 Å². The first-order chi connectivity index (χ1) is 9.40. The van der Waals surface area contributed by atoms with E-state index in [1.807, 2.05) is 32.9 Å². The Labute approximate surface area is 118 Å². The van der Waals surface area contributed by atoms with Crippen LogP contribution in [-0.4, -0.2) is 11.7 Å². The zero-order valence-electron chi connectivity index (χ0n) is 11.9. The van der Waals surface area contributed by atoms with E-state index >= 15 is 0 Å². The molecule has 2 N–H and O–H groups in total. The van der Waals surface area contributed by atoms with Gasteiger partial charge < -0.3 is 5.73 Å². The molecule has 0 saturated heterocycles. The van der Waals surface area contributed by atoms with Gasteiger partial charge in [-0.1, -0.05) is 29.8 Å². The van der Waals surface area contributed by atoms with Gasteiger partial charge in [-0.15, -0.1) is 0 Å². The summed E-state index contributed by atoms with van der Waals surface area (Å²) in [7, 11) is 0. The van der Waals surface area contributed by atoms with Gasteiger partial charge in [0.1, 0.15) is 0 Å². The molecule has 1 amide bonds. The third-order valence-electron chi connectivity index (χ3n) is 3.34. The van der Waals surface area contributed by atoms with Crippen LogP contribution in [0.15, 0.2) is 36.4 Å². The minimum Gasteiger partial charge on any atom is -0.366 e. The Balaban J connectivity index is 2.44. The second kappa shape index (κ2) is 5.29. The van der Waals surface area contributed by atoms with Gasteiger partial charge in [0.25, 0.3) is 0 Å². The molecule has 0 atom stereocenters. The number of carbonyl (C=O) groups excluding carboxylic acids is 2. The van der Waals surface area contributed by atoms with Gasteiger partial charge in [0.2, 0.25) is 5.91 Å². The van der Waals surface area contributed by atoms with Gasteiger partial charge in [-0.25, -0.2) is 0 Å². The fourth-order valence-electron chi connectivity index (χ4n) is 2.47. The van der Waals surface area contributed by atoms with Crippen molar-refractivity contribution in [2.24, 2.45) is 5.73 Å². The van der Waals surface area contributed by atoms with Crippen molar-refractivity contribution in [2.45, 2.75) is 20.8 Å². The van der Waals surface area contributed by atoms with Crippen LogP contribution < -0.4 is 5.73 Å². The van der Waals surface area contributed by atoms with Crippen molar-refractivity contribution in [1.82, 2.24) is 0 Å². The molecule has 0 saturated carbocycles. The standard InChI is InChI=1S/C17H17NO2/c1-10-8-11(2)15(12(3)9-10)16(19)13-4-6-14(7-5-13)17(18)20/h4-9H,1-3H3,(H2,18,20). The summed E-state index contributed by atoms with van der Waals surface area (Å²) in [6, 6.07) is 10.4. The van der Waals surface area contributed by atoms with Crippen LogP contribution in [0.2, 0.25) is 0 Å². The van der Waals surface area contributed by atoms with Crippen molar-refractivity contribution < 1.29 is 9.59 Å². The van der Waals surface area contributed by atoms with Crippen molar-refractivity contribution in [3.8, 4) is 0 Å². The first-order valence-electron chi connectivity index (χ1n) is 6.42. The molecule has 0 fully saturated rings. The molecule has 0 radical (unpaired) electrons. The Bertz CT molecular complexity index is 662. The van der Waals surface area contributed by atoms with Crippen molar-refractivity contribution in [3.63, 3.8) is 0 Å². The average molecular weight is 267 g/mol.